The highest BCUT2D eigenvalue weighted by Gasteiger charge is 2.25. The predicted molar refractivity (Wildman–Crippen MR) is 524 cm³/mol. The Labute approximate surface area is 794 Å². The molecule has 0 saturated carbocycles. The lowest BCUT2D eigenvalue weighted by atomic mass is 10.0. The van der Waals surface area contributed by atoms with Crippen molar-refractivity contribution in [1.29, 1.82) is 0 Å². The number of carbonyl (C=O) groups excluding carboxylic acids is 4. The van der Waals surface area contributed by atoms with Gasteiger partial charge in [-0.2, -0.15) is 0 Å². The van der Waals surface area contributed by atoms with Gasteiger partial charge in [-0.15, -0.1) is 12.8 Å². The summed E-state index contributed by atoms with van der Waals surface area (Å²) in [5.41, 5.74) is -0.0142. The average Bonchev–Trinajstić information content (AvgIpc) is 0.787. The van der Waals surface area contributed by atoms with Crippen LogP contribution < -0.4 is 47.4 Å². The zero-order valence-electron chi connectivity index (χ0n) is 78.2. The molecule has 0 radical (unpaired) electrons. The first kappa shape index (κ1) is 107. The lowest BCUT2D eigenvalue weighted by molar-refractivity contribution is 0.0718. The van der Waals surface area contributed by atoms with Crippen LogP contribution in [0.4, 0.5) is 8.78 Å². The monoisotopic (exact) mass is 1800 g/mol. The predicted octanol–water partition coefficient (Wildman–Crippen LogP) is 26.1. The molecule has 0 unspecified atom stereocenters. The van der Waals surface area contributed by atoms with Gasteiger partial charge >= 0.3 is 23.9 Å². The van der Waals surface area contributed by atoms with E-state index in [2.05, 4.69) is 168 Å². The summed E-state index contributed by atoms with van der Waals surface area (Å²) in [6.07, 6.45) is 63.6. The van der Waals surface area contributed by atoms with E-state index in [4.69, 9.17) is 60.2 Å². The molecule has 0 aliphatic heterocycles. The molecular weight excluding hydrogens is 1680 g/mol. The van der Waals surface area contributed by atoms with Crippen LogP contribution in [0.5, 0.6) is 57.5 Å². The maximum absolute atomic E-state index is 15.7. The second kappa shape index (κ2) is 67.8. The fraction of sp³-hybridized carbons (Fsp3) is 0.414. The number of pyridine rings is 2. The largest absolute Gasteiger partial charge is 0.490 e. The van der Waals surface area contributed by atoms with Crippen LogP contribution in [0.25, 0.3) is 22.5 Å². The number of nitrogens with zero attached hydrogens (tertiary/aromatic N) is 2. The van der Waals surface area contributed by atoms with E-state index in [1.54, 1.807) is 12.1 Å². The summed E-state index contributed by atoms with van der Waals surface area (Å²) in [5.74, 6) is 46.7. The van der Waals surface area contributed by atoms with Gasteiger partial charge in [-0.3, -0.25) is 9.97 Å². The van der Waals surface area contributed by atoms with Gasteiger partial charge in [0, 0.05) is 101 Å². The van der Waals surface area contributed by atoms with Crippen molar-refractivity contribution in [2.24, 2.45) is 0 Å². The van der Waals surface area contributed by atoms with Crippen LogP contribution in [-0.4, -0.2) is 60.3 Å². The Morgan fingerprint density at radius 2 is 0.507 bits per heavy atom. The van der Waals surface area contributed by atoms with Crippen molar-refractivity contribution in [3.8, 4) is 223 Å². The molecule has 2 aromatic heterocycles. The Hall–Kier alpha value is -14.3. The molecule has 0 spiro atoms. The number of hydrogen-bond acceptors (Lipinski definition) is 16. The Morgan fingerprint density at radius 3 is 0.769 bits per heavy atom. The number of carbonyl (C=O) groups is 4. The second-order valence-electron chi connectivity index (χ2n) is 31.8. The third-order valence-electron chi connectivity index (χ3n) is 21.2. The molecule has 2 heterocycles. The van der Waals surface area contributed by atoms with E-state index in [1.807, 2.05) is 0 Å². The van der Waals surface area contributed by atoms with E-state index in [1.165, 1.54) is 257 Å². The van der Waals surface area contributed by atoms with Gasteiger partial charge in [0.1, 0.15) is 46.8 Å². The summed E-state index contributed by atoms with van der Waals surface area (Å²) in [4.78, 5) is 64.2. The molecule has 694 valence electrons. The van der Waals surface area contributed by atoms with Crippen molar-refractivity contribution in [3.63, 3.8) is 0 Å². The van der Waals surface area contributed by atoms with Gasteiger partial charge in [-0.25, -0.2) is 28.0 Å². The van der Waals surface area contributed by atoms with Crippen molar-refractivity contribution in [2.75, 3.05) is 26.4 Å². The van der Waals surface area contributed by atoms with Gasteiger partial charge in [0.15, 0.2) is 23.0 Å². The SMILES string of the molecule is C#CC#CC#CC#CC#CC#COc1cc(C(=O)Oc2ccc(OC(=O)c3ccc(-c4cc(-c5ccc(C(=O)Oc6ccc(OC(=O)c7cc(OC#CC#CC#CC#CC#CC#C)c(OCCCCCCCCCCCC)c(OCCCCCCCCCCCC)c7)cc6)cn5)c(F)cc4F)nc3)cc2)cc(OCCCCCCCCCCCC)c1OCCCCCCCCCCCC. The van der Waals surface area contributed by atoms with Crippen molar-refractivity contribution in [3.05, 3.63) is 155 Å². The van der Waals surface area contributed by atoms with Gasteiger partial charge in [0.2, 0.25) is 11.5 Å². The fourth-order valence-corrected chi connectivity index (χ4v) is 13.9. The maximum Gasteiger partial charge on any atom is 0.345 e. The molecule has 0 fully saturated rings. The quantitative estimate of drug-likeness (QED) is 0.0151. The molecule has 0 bridgehead atoms. The van der Waals surface area contributed by atoms with E-state index in [-0.39, 0.29) is 102 Å². The molecule has 0 amide bonds. The summed E-state index contributed by atoms with van der Waals surface area (Å²) < 4.78 is 92.2. The Balaban J connectivity index is 0.994. The van der Waals surface area contributed by atoms with Crippen molar-refractivity contribution in [1.82, 2.24) is 9.97 Å². The van der Waals surface area contributed by atoms with Crippen LogP contribution in [0, 0.1) is 155 Å². The average molecular weight is 1810 g/mol. The molecule has 16 nitrogen and oxygen atoms in total. The summed E-state index contributed by atoms with van der Waals surface area (Å²) in [6.45, 7) is 10.3. The summed E-state index contributed by atoms with van der Waals surface area (Å²) in [7, 11) is 0. The molecule has 0 aliphatic rings. The van der Waals surface area contributed by atoms with Crippen molar-refractivity contribution < 1.29 is 75.3 Å². The van der Waals surface area contributed by atoms with Gasteiger partial charge in [0.05, 0.1) is 60.1 Å². The highest BCUT2D eigenvalue weighted by molar-refractivity contribution is 5.95. The van der Waals surface area contributed by atoms with E-state index >= 15 is 8.78 Å². The van der Waals surface area contributed by atoms with Gasteiger partial charge < -0.3 is 47.4 Å². The van der Waals surface area contributed by atoms with E-state index in [0.29, 0.717) is 32.5 Å². The van der Waals surface area contributed by atoms with Gasteiger partial charge in [-0.1, -0.05) is 259 Å². The van der Waals surface area contributed by atoms with Crippen LogP contribution in [-0.2, 0) is 0 Å². The standard InChI is InChI=1S/C116H122F2N2O14/c1-7-13-19-25-31-37-43-49-55-61-79-125-107-85-95(86-108(126-80-62-56-50-44-38-32-26-20-14-8-2)111(107)129-83-65-59-53-47-41-35-29-23-17-11-5)115(123)133-99-73-69-97(70-74-99)131-113(121)93-67-77-105(119-91-93)101-89-102(104(118)90-103(101)117)106-78-68-94(92-120-106)114(122)132-98-71-75-100(76-72-98)134-116(124)96-87-109(127-81-63-57-51-45-39-33-27-21-15-9-3)112(130-84-66-60-54-48-42-36-30-24-18-12-6)110(88-96)128-82-64-58-52-46-40-34-28-22-16-10-4/h1,3,67-78,85-92H,8,10-12,14,16-18,20,22-24,26,28-30,32,34-36,38,40-42,44,46-48,50,52-54,56,58-60,62,64-66,80,82-84H2,2,4-6H3. The van der Waals surface area contributed by atoms with Crippen molar-refractivity contribution >= 4 is 23.9 Å². The highest BCUT2D eigenvalue weighted by Crippen LogP contribution is 2.42. The van der Waals surface area contributed by atoms with E-state index < -0.39 is 35.5 Å². The number of terminal acetylenes is 2. The first-order valence-corrected chi connectivity index (χ1v) is 47.5. The number of ether oxygens (including phenoxy) is 10. The number of rotatable bonds is 60. The summed E-state index contributed by atoms with van der Waals surface area (Å²) >= 11 is 0. The number of benzene rings is 5. The van der Waals surface area contributed by atoms with Crippen molar-refractivity contribution in [2.45, 2.75) is 285 Å². The number of hydrogen-bond donors (Lipinski definition) is 0. The Bertz CT molecular complexity index is 5300. The molecule has 0 atom stereocenters. The number of halogens is 2. The van der Waals surface area contributed by atoms with E-state index in [9.17, 15) is 19.2 Å². The molecular formula is C116H122F2N2O14. The Morgan fingerprint density at radius 1 is 0.269 bits per heavy atom. The topological polar surface area (TPSA) is 186 Å². The maximum atomic E-state index is 15.7. The first-order chi connectivity index (χ1) is 65.9. The summed E-state index contributed by atoms with van der Waals surface area (Å²) in [6, 6.07) is 25.0. The Kier molecular flexibility index (Phi) is 54.0. The zero-order chi connectivity index (χ0) is 95.2. The minimum Gasteiger partial charge on any atom is -0.490 e. The molecule has 18 heteroatoms. The minimum absolute atomic E-state index is 0.00587. The first-order valence-electron chi connectivity index (χ1n) is 47.5. The second-order valence-corrected chi connectivity index (χ2v) is 31.8. The molecule has 0 aliphatic carbocycles. The fourth-order valence-electron chi connectivity index (χ4n) is 13.9. The van der Waals surface area contributed by atoms with Crippen LogP contribution in [0.1, 0.15) is 326 Å². The highest BCUT2D eigenvalue weighted by atomic mass is 19.1. The number of aromatic nitrogens is 2. The minimum atomic E-state index is -0.949. The molecule has 0 saturated heterocycles. The zero-order valence-corrected chi connectivity index (χ0v) is 78.2. The normalized spacial score (nSPS) is 9.94. The lowest BCUT2D eigenvalue weighted by Gasteiger charge is -2.17. The lowest BCUT2D eigenvalue weighted by Crippen LogP contribution is -2.11. The smallest absolute Gasteiger partial charge is 0.345 e. The third-order valence-corrected chi connectivity index (χ3v) is 21.2. The van der Waals surface area contributed by atoms with Crippen LogP contribution in [0.15, 0.2) is 122 Å². The molecule has 134 heavy (non-hydrogen) atoms. The van der Waals surface area contributed by atoms with Gasteiger partial charge in [0.25, 0.3) is 0 Å². The molecule has 7 aromatic rings. The molecule has 0 N–H and O–H groups in total. The van der Waals surface area contributed by atoms with Crippen LogP contribution in [0.2, 0.25) is 0 Å². The van der Waals surface area contributed by atoms with Crippen LogP contribution >= 0.6 is 0 Å². The summed E-state index contributed by atoms with van der Waals surface area (Å²) in [5, 5.41) is 0. The van der Waals surface area contributed by atoms with Gasteiger partial charge in [-0.05, 0) is 176 Å². The number of esters is 4. The third kappa shape index (κ3) is 43.6. The van der Waals surface area contributed by atoms with Crippen LogP contribution in [0.3, 0.4) is 0 Å². The molecule has 7 rings (SSSR count). The number of unbranched alkanes of at least 4 members (excludes halogenated alkanes) is 36. The molecule has 5 aromatic carbocycles. The van der Waals surface area contributed by atoms with E-state index in [0.717, 1.165) is 103 Å².